The maximum Gasteiger partial charge on any atom is 0.266 e. The lowest BCUT2D eigenvalue weighted by molar-refractivity contribution is -0.0616. The Balaban J connectivity index is 1.91. The molecule has 1 fully saturated rings. The highest BCUT2D eigenvalue weighted by Gasteiger charge is 2.30. The lowest BCUT2D eigenvalue weighted by Crippen LogP contribution is -2.46. The van der Waals surface area contributed by atoms with Gasteiger partial charge in [-0.1, -0.05) is 0 Å². The Kier molecular flexibility index (Phi) is 3.83. The molecule has 3 rings (SSSR count). The highest BCUT2D eigenvalue weighted by molar-refractivity contribution is 5.50. The van der Waals surface area contributed by atoms with Crippen LogP contribution in [0.3, 0.4) is 0 Å². The maximum atomic E-state index is 12.8. The zero-order chi connectivity index (χ0) is 14.1. The topological polar surface area (TPSA) is 38.2 Å². The molecule has 2 aliphatic rings. The first-order chi connectivity index (χ1) is 9.65. The smallest absolute Gasteiger partial charge is 0.266 e. The quantitative estimate of drug-likeness (QED) is 0.833. The highest BCUT2D eigenvalue weighted by atomic mass is 19.3. The molecule has 1 aromatic rings. The maximum absolute atomic E-state index is 12.8. The summed E-state index contributed by atoms with van der Waals surface area (Å²) in [6, 6.07) is 0. The SMILES string of the molecule is Cc1nc2c(c(N3CCO[C@@H](C(F)F)C3)n1)CCCC2. The number of alkyl halides is 2. The summed E-state index contributed by atoms with van der Waals surface area (Å²) in [6.45, 7) is 3.02. The number of anilines is 1. The molecular weight excluding hydrogens is 264 g/mol. The fourth-order valence-corrected chi connectivity index (χ4v) is 2.98. The number of hydrogen-bond acceptors (Lipinski definition) is 4. The second kappa shape index (κ2) is 5.60. The number of nitrogens with zero attached hydrogens (tertiary/aromatic N) is 3. The summed E-state index contributed by atoms with van der Waals surface area (Å²) in [5, 5.41) is 0. The van der Waals surface area contributed by atoms with Crippen LogP contribution in [0.2, 0.25) is 0 Å². The first kappa shape index (κ1) is 13.7. The third kappa shape index (κ3) is 2.61. The predicted octanol–water partition coefficient (Wildman–Crippen LogP) is 2.13. The van der Waals surface area contributed by atoms with E-state index in [1.54, 1.807) is 0 Å². The molecule has 1 aliphatic heterocycles. The van der Waals surface area contributed by atoms with Gasteiger partial charge in [0.2, 0.25) is 0 Å². The van der Waals surface area contributed by atoms with Crippen LogP contribution < -0.4 is 4.90 Å². The predicted molar refractivity (Wildman–Crippen MR) is 71.4 cm³/mol. The second-order valence-corrected chi connectivity index (χ2v) is 5.42. The zero-order valence-corrected chi connectivity index (χ0v) is 11.6. The van der Waals surface area contributed by atoms with Crippen molar-refractivity contribution in [1.82, 2.24) is 9.97 Å². The lowest BCUT2D eigenvalue weighted by atomic mass is 9.96. The average molecular weight is 283 g/mol. The number of morpholine rings is 1. The molecule has 4 nitrogen and oxygen atoms in total. The van der Waals surface area contributed by atoms with E-state index in [4.69, 9.17) is 4.74 Å². The van der Waals surface area contributed by atoms with Gasteiger partial charge in [-0.15, -0.1) is 0 Å². The van der Waals surface area contributed by atoms with Gasteiger partial charge < -0.3 is 9.64 Å². The van der Waals surface area contributed by atoms with Gasteiger partial charge in [0.05, 0.1) is 13.2 Å². The third-order valence-electron chi connectivity index (χ3n) is 3.95. The number of fused-ring (bicyclic) bond motifs is 1. The van der Waals surface area contributed by atoms with Crippen LogP contribution in [0.5, 0.6) is 0 Å². The molecule has 0 unspecified atom stereocenters. The van der Waals surface area contributed by atoms with Gasteiger partial charge in [-0.3, -0.25) is 0 Å². The fraction of sp³-hybridized carbons (Fsp3) is 0.714. The highest BCUT2D eigenvalue weighted by Crippen LogP contribution is 2.29. The number of halogens is 2. The zero-order valence-electron chi connectivity index (χ0n) is 11.6. The van der Waals surface area contributed by atoms with E-state index in [2.05, 4.69) is 9.97 Å². The Hall–Kier alpha value is -1.30. The van der Waals surface area contributed by atoms with E-state index in [9.17, 15) is 8.78 Å². The van der Waals surface area contributed by atoms with Crippen LogP contribution in [0.25, 0.3) is 0 Å². The third-order valence-corrected chi connectivity index (χ3v) is 3.95. The Labute approximate surface area is 117 Å². The Morgan fingerprint density at radius 1 is 1.25 bits per heavy atom. The van der Waals surface area contributed by atoms with Crippen molar-refractivity contribution >= 4 is 5.82 Å². The van der Waals surface area contributed by atoms with E-state index in [-0.39, 0.29) is 6.54 Å². The fourth-order valence-electron chi connectivity index (χ4n) is 2.98. The molecule has 0 aromatic carbocycles. The number of hydrogen-bond donors (Lipinski definition) is 0. The Morgan fingerprint density at radius 2 is 2.05 bits per heavy atom. The molecule has 0 amide bonds. The molecule has 0 radical (unpaired) electrons. The Morgan fingerprint density at radius 3 is 2.85 bits per heavy atom. The number of aromatic nitrogens is 2. The van der Waals surface area contributed by atoms with E-state index < -0.39 is 12.5 Å². The molecule has 0 N–H and O–H groups in total. The molecule has 1 aliphatic carbocycles. The largest absolute Gasteiger partial charge is 0.369 e. The second-order valence-electron chi connectivity index (χ2n) is 5.42. The average Bonchev–Trinajstić information content (AvgIpc) is 2.46. The summed E-state index contributed by atoms with van der Waals surface area (Å²) in [5.74, 6) is 1.57. The van der Waals surface area contributed by atoms with Crippen LogP contribution in [0.1, 0.15) is 29.9 Å². The van der Waals surface area contributed by atoms with Crippen LogP contribution in [0, 0.1) is 6.92 Å². The normalized spacial score (nSPS) is 23.0. The first-order valence-corrected chi connectivity index (χ1v) is 7.16. The van der Waals surface area contributed by atoms with Gasteiger partial charge in [-0.05, 0) is 32.6 Å². The summed E-state index contributed by atoms with van der Waals surface area (Å²) in [5.41, 5.74) is 2.25. The molecule has 0 bridgehead atoms. The number of aryl methyl sites for hydroxylation is 2. The van der Waals surface area contributed by atoms with E-state index in [1.165, 1.54) is 0 Å². The van der Waals surface area contributed by atoms with E-state index in [0.717, 1.165) is 48.6 Å². The summed E-state index contributed by atoms with van der Waals surface area (Å²) >= 11 is 0. The van der Waals surface area contributed by atoms with Crippen molar-refractivity contribution in [3.63, 3.8) is 0 Å². The van der Waals surface area contributed by atoms with E-state index in [1.807, 2.05) is 11.8 Å². The van der Waals surface area contributed by atoms with E-state index >= 15 is 0 Å². The molecule has 6 heteroatoms. The van der Waals surface area contributed by atoms with Crippen molar-refractivity contribution in [2.45, 2.75) is 45.1 Å². The van der Waals surface area contributed by atoms with Gasteiger partial charge >= 0.3 is 0 Å². The first-order valence-electron chi connectivity index (χ1n) is 7.16. The van der Waals surface area contributed by atoms with Crippen LogP contribution in [0.15, 0.2) is 0 Å². The van der Waals surface area contributed by atoms with E-state index in [0.29, 0.717) is 13.2 Å². The molecule has 1 atom stereocenters. The van der Waals surface area contributed by atoms with Crippen molar-refractivity contribution in [3.8, 4) is 0 Å². The molecule has 110 valence electrons. The minimum Gasteiger partial charge on any atom is -0.369 e. The van der Waals surface area contributed by atoms with Crippen molar-refractivity contribution in [3.05, 3.63) is 17.1 Å². The number of rotatable bonds is 2. The molecule has 2 heterocycles. The van der Waals surface area contributed by atoms with Gasteiger partial charge in [-0.2, -0.15) is 0 Å². The molecule has 0 spiro atoms. The van der Waals surface area contributed by atoms with Crippen LogP contribution in [-0.4, -0.2) is 42.2 Å². The summed E-state index contributed by atoms with van der Waals surface area (Å²) in [4.78, 5) is 11.0. The summed E-state index contributed by atoms with van der Waals surface area (Å²) in [7, 11) is 0. The van der Waals surface area contributed by atoms with Crippen molar-refractivity contribution in [1.29, 1.82) is 0 Å². The van der Waals surface area contributed by atoms with Gasteiger partial charge in [-0.25, -0.2) is 18.7 Å². The summed E-state index contributed by atoms with van der Waals surface area (Å²) in [6.07, 6.45) is 0.714. The minimum atomic E-state index is -2.45. The lowest BCUT2D eigenvalue weighted by Gasteiger charge is -2.35. The van der Waals surface area contributed by atoms with Gasteiger partial charge in [0.25, 0.3) is 6.43 Å². The molecular formula is C14H19F2N3O. The molecule has 20 heavy (non-hydrogen) atoms. The molecule has 1 aromatic heterocycles. The number of ether oxygens (including phenoxy) is 1. The molecule has 0 saturated carbocycles. The van der Waals surface area contributed by atoms with Crippen molar-refractivity contribution < 1.29 is 13.5 Å². The van der Waals surface area contributed by atoms with Gasteiger partial charge in [0, 0.05) is 17.8 Å². The monoisotopic (exact) mass is 283 g/mol. The minimum absolute atomic E-state index is 0.209. The molecule has 1 saturated heterocycles. The Bertz CT molecular complexity index is 496. The van der Waals surface area contributed by atoms with Crippen molar-refractivity contribution in [2.75, 3.05) is 24.6 Å². The van der Waals surface area contributed by atoms with Gasteiger partial charge in [0.15, 0.2) is 0 Å². The summed E-state index contributed by atoms with van der Waals surface area (Å²) < 4.78 is 30.8. The van der Waals surface area contributed by atoms with Crippen LogP contribution in [0.4, 0.5) is 14.6 Å². The standard InChI is InChI=1S/C14H19F2N3O/c1-9-17-11-5-3-2-4-10(11)14(18-9)19-6-7-20-12(8-19)13(15)16/h12-13H,2-8H2,1H3/t12-/m1/s1. The van der Waals surface area contributed by atoms with Crippen molar-refractivity contribution in [2.24, 2.45) is 0 Å². The van der Waals surface area contributed by atoms with Crippen LogP contribution in [-0.2, 0) is 17.6 Å². The van der Waals surface area contributed by atoms with Gasteiger partial charge in [0.1, 0.15) is 17.7 Å². The van der Waals surface area contributed by atoms with Crippen LogP contribution >= 0.6 is 0 Å².